The fourth-order valence-corrected chi connectivity index (χ4v) is 1.40. The minimum Gasteiger partial charge on any atom is -0.480 e. The van der Waals surface area contributed by atoms with Crippen LogP contribution in [-0.2, 0) is 4.79 Å². The number of carbonyl (C=O) groups excluding carboxylic acids is 1. The first-order valence-electron chi connectivity index (χ1n) is 5.57. The number of amides is 2. The average molecular weight is 239 g/mol. The molecule has 0 spiro atoms. The summed E-state index contributed by atoms with van der Waals surface area (Å²) in [5, 5.41) is 19.9. The summed E-state index contributed by atoms with van der Waals surface area (Å²) in [5.74, 6) is -1.08. The van der Waals surface area contributed by atoms with Gasteiger partial charge in [-0.15, -0.1) is 0 Å². The van der Waals surface area contributed by atoms with Crippen molar-refractivity contribution in [3.8, 4) is 6.07 Å². The van der Waals surface area contributed by atoms with Crippen molar-refractivity contribution in [2.75, 3.05) is 6.54 Å². The second kappa shape index (κ2) is 5.04. The van der Waals surface area contributed by atoms with Crippen LogP contribution in [-0.4, -0.2) is 40.1 Å². The number of nitriles is 1. The summed E-state index contributed by atoms with van der Waals surface area (Å²) in [6, 6.07) is 1.74. The molecule has 1 fully saturated rings. The third kappa shape index (κ3) is 3.63. The van der Waals surface area contributed by atoms with Crippen LogP contribution < -0.4 is 5.32 Å². The molecule has 0 bridgehead atoms. The van der Waals surface area contributed by atoms with Crippen LogP contribution >= 0.6 is 0 Å². The lowest BCUT2D eigenvalue weighted by molar-refractivity contribution is -0.143. The highest BCUT2D eigenvalue weighted by Crippen LogP contribution is 2.27. The lowest BCUT2D eigenvalue weighted by Gasteiger charge is -2.27. The summed E-state index contributed by atoms with van der Waals surface area (Å²) in [5.41, 5.74) is -1.29. The van der Waals surface area contributed by atoms with E-state index in [1.165, 1.54) is 13.8 Å². The van der Waals surface area contributed by atoms with Gasteiger partial charge in [0.2, 0.25) is 0 Å². The zero-order chi connectivity index (χ0) is 13.1. The van der Waals surface area contributed by atoms with Gasteiger partial charge < -0.3 is 15.3 Å². The summed E-state index contributed by atoms with van der Waals surface area (Å²) < 4.78 is 0. The topological polar surface area (TPSA) is 93.4 Å². The Balaban J connectivity index is 2.59. The molecule has 6 heteroatoms. The number of urea groups is 1. The van der Waals surface area contributed by atoms with E-state index in [0.29, 0.717) is 6.54 Å². The SMILES string of the molecule is CC(C)(NC(=O)N(CCC#N)C1CC1)C(=O)O. The van der Waals surface area contributed by atoms with Crippen LogP contribution in [0.3, 0.4) is 0 Å². The van der Waals surface area contributed by atoms with Gasteiger partial charge in [0.25, 0.3) is 0 Å². The number of carboxylic acid groups (broad SMARTS) is 1. The molecule has 0 aromatic heterocycles. The Morgan fingerprint density at radius 3 is 2.53 bits per heavy atom. The van der Waals surface area contributed by atoms with E-state index in [2.05, 4.69) is 5.32 Å². The van der Waals surface area contributed by atoms with E-state index in [1.807, 2.05) is 6.07 Å². The number of aliphatic carboxylic acids is 1. The van der Waals surface area contributed by atoms with Crippen LogP contribution in [0.25, 0.3) is 0 Å². The molecular weight excluding hydrogens is 222 g/mol. The number of rotatable bonds is 5. The van der Waals surface area contributed by atoms with Crippen molar-refractivity contribution in [1.29, 1.82) is 5.26 Å². The summed E-state index contributed by atoms with van der Waals surface area (Å²) in [7, 11) is 0. The predicted octanol–water partition coefficient (Wildman–Crippen LogP) is 0.937. The highest BCUT2D eigenvalue weighted by atomic mass is 16.4. The highest BCUT2D eigenvalue weighted by Gasteiger charge is 2.36. The van der Waals surface area contributed by atoms with Crippen molar-refractivity contribution in [2.45, 2.75) is 44.7 Å². The van der Waals surface area contributed by atoms with E-state index in [-0.39, 0.29) is 12.5 Å². The second-order valence-corrected chi connectivity index (χ2v) is 4.69. The van der Waals surface area contributed by atoms with Gasteiger partial charge in [-0.2, -0.15) is 5.26 Å². The number of carboxylic acids is 1. The van der Waals surface area contributed by atoms with E-state index in [4.69, 9.17) is 10.4 Å². The summed E-state index contributed by atoms with van der Waals surface area (Å²) in [6.07, 6.45) is 2.11. The lowest BCUT2D eigenvalue weighted by atomic mass is 10.1. The fraction of sp³-hybridized carbons (Fsp3) is 0.727. The number of nitrogens with zero attached hydrogens (tertiary/aromatic N) is 2. The molecule has 1 aliphatic carbocycles. The molecular formula is C11H17N3O3. The Morgan fingerprint density at radius 1 is 1.53 bits per heavy atom. The third-order valence-corrected chi connectivity index (χ3v) is 2.67. The quantitative estimate of drug-likeness (QED) is 0.746. The Morgan fingerprint density at radius 2 is 2.12 bits per heavy atom. The van der Waals surface area contributed by atoms with Gasteiger partial charge in [0.15, 0.2) is 0 Å². The smallest absolute Gasteiger partial charge is 0.328 e. The van der Waals surface area contributed by atoms with Crippen molar-refractivity contribution in [1.82, 2.24) is 10.2 Å². The maximum Gasteiger partial charge on any atom is 0.328 e. The van der Waals surface area contributed by atoms with Gasteiger partial charge in [0.05, 0.1) is 12.5 Å². The van der Waals surface area contributed by atoms with Crippen LogP contribution in [0.4, 0.5) is 4.79 Å². The Labute approximate surface area is 100 Å². The van der Waals surface area contributed by atoms with Crippen molar-refractivity contribution in [2.24, 2.45) is 0 Å². The molecule has 1 rings (SSSR count). The number of carbonyl (C=O) groups is 2. The van der Waals surface area contributed by atoms with Crippen LogP contribution in [0.15, 0.2) is 0 Å². The second-order valence-electron chi connectivity index (χ2n) is 4.69. The van der Waals surface area contributed by atoms with E-state index < -0.39 is 17.5 Å². The summed E-state index contributed by atoms with van der Waals surface area (Å²) in [4.78, 5) is 24.3. The highest BCUT2D eigenvalue weighted by molar-refractivity contribution is 5.85. The molecule has 2 N–H and O–H groups in total. The van der Waals surface area contributed by atoms with Gasteiger partial charge in [-0.3, -0.25) is 0 Å². The molecule has 0 atom stereocenters. The van der Waals surface area contributed by atoms with E-state index in [1.54, 1.807) is 4.90 Å². The molecule has 0 aromatic rings. The van der Waals surface area contributed by atoms with E-state index >= 15 is 0 Å². The Bertz CT molecular complexity index is 355. The molecule has 0 radical (unpaired) electrons. The predicted molar refractivity (Wildman–Crippen MR) is 60.2 cm³/mol. The molecule has 1 saturated carbocycles. The molecule has 94 valence electrons. The first-order chi connectivity index (χ1) is 7.88. The Kier molecular flexibility index (Phi) is 3.94. The maximum absolute atomic E-state index is 11.9. The van der Waals surface area contributed by atoms with Crippen LogP contribution in [0.2, 0.25) is 0 Å². The Hall–Kier alpha value is -1.77. The summed E-state index contributed by atoms with van der Waals surface area (Å²) >= 11 is 0. The van der Waals surface area contributed by atoms with E-state index in [9.17, 15) is 9.59 Å². The number of hydrogen-bond acceptors (Lipinski definition) is 3. The first kappa shape index (κ1) is 13.3. The van der Waals surface area contributed by atoms with Crippen molar-refractivity contribution >= 4 is 12.0 Å². The van der Waals surface area contributed by atoms with Gasteiger partial charge in [0.1, 0.15) is 5.54 Å². The normalized spacial score (nSPS) is 14.9. The van der Waals surface area contributed by atoms with Crippen molar-refractivity contribution in [3.05, 3.63) is 0 Å². The van der Waals surface area contributed by atoms with Gasteiger partial charge in [-0.05, 0) is 26.7 Å². The minimum absolute atomic E-state index is 0.160. The van der Waals surface area contributed by atoms with Crippen LogP contribution in [0.1, 0.15) is 33.1 Å². The minimum atomic E-state index is -1.29. The molecule has 1 aliphatic rings. The standard InChI is InChI=1S/C11H17N3O3/c1-11(2,9(15)16)13-10(17)14(7-3-6-12)8-4-5-8/h8H,3-5,7H2,1-2H3,(H,13,17)(H,15,16). The molecule has 0 unspecified atom stereocenters. The number of nitrogens with one attached hydrogen (secondary N) is 1. The molecule has 0 aliphatic heterocycles. The van der Waals surface area contributed by atoms with Crippen molar-refractivity contribution < 1.29 is 14.7 Å². The lowest BCUT2D eigenvalue weighted by Crippen LogP contribution is -2.54. The van der Waals surface area contributed by atoms with Gasteiger partial charge in [0, 0.05) is 12.6 Å². The van der Waals surface area contributed by atoms with Gasteiger partial charge in [-0.1, -0.05) is 0 Å². The van der Waals surface area contributed by atoms with Crippen LogP contribution in [0.5, 0.6) is 0 Å². The average Bonchev–Trinajstić information content (AvgIpc) is 3.01. The molecule has 0 heterocycles. The largest absolute Gasteiger partial charge is 0.480 e. The zero-order valence-electron chi connectivity index (χ0n) is 10.1. The monoisotopic (exact) mass is 239 g/mol. The maximum atomic E-state index is 11.9. The molecule has 2 amide bonds. The summed E-state index contributed by atoms with van der Waals surface area (Å²) in [6.45, 7) is 3.22. The van der Waals surface area contributed by atoms with Crippen LogP contribution in [0, 0.1) is 11.3 Å². The number of hydrogen-bond donors (Lipinski definition) is 2. The van der Waals surface area contributed by atoms with Crippen molar-refractivity contribution in [3.63, 3.8) is 0 Å². The third-order valence-electron chi connectivity index (χ3n) is 2.67. The molecule has 0 saturated heterocycles. The zero-order valence-corrected chi connectivity index (χ0v) is 10.1. The molecule has 6 nitrogen and oxygen atoms in total. The van der Waals surface area contributed by atoms with Gasteiger partial charge >= 0.3 is 12.0 Å². The fourth-order valence-electron chi connectivity index (χ4n) is 1.40. The van der Waals surface area contributed by atoms with Gasteiger partial charge in [-0.25, -0.2) is 9.59 Å². The van der Waals surface area contributed by atoms with E-state index in [0.717, 1.165) is 12.8 Å². The molecule has 17 heavy (non-hydrogen) atoms. The first-order valence-corrected chi connectivity index (χ1v) is 5.57. The molecule has 0 aromatic carbocycles.